The maximum absolute atomic E-state index is 4.80. The lowest BCUT2D eigenvalue weighted by Crippen LogP contribution is -2.62. The van der Waals surface area contributed by atoms with E-state index in [0.717, 1.165) is 51.4 Å². The average molecular weight is 1530 g/mol. The maximum Gasteiger partial charge on any atom is 0.0639 e. The van der Waals surface area contributed by atoms with E-state index in [1.807, 2.05) is 0 Å². The zero-order valence-electron chi connectivity index (χ0n) is 61.3. The molecule has 5 saturated heterocycles. The smallest absolute Gasteiger partial charge is 0.0639 e. The van der Waals surface area contributed by atoms with Gasteiger partial charge in [0.05, 0.1) is 49.3 Å². The molecule has 9 aliphatic rings. The molecule has 8 nitrogen and oxygen atoms in total. The van der Waals surface area contributed by atoms with Crippen LogP contribution in [0.3, 0.4) is 0 Å². The van der Waals surface area contributed by atoms with Crippen molar-refractivity contribution in [2.45, 2.75) is 237 Å². The molecule has 0 spiro atoms. The Balaban J connectivity index is 0.843. The van der Waals surface area contributed by atoms with Crippen LogP contribution in [0.1, 0.15) is 95.9 Å². The molecule has 0 radical (unpaired) electrons. The van der Waals surface area contributed by atoms with Gasteiger partial charge in [-0.2, -0.15) is 0 Å². The molecule has 0 amide bonds. The minimum atomic E-state index is 0.00781. The molecule has 17 rings (SSSR count). The quantitative estimate of drug-likeness (QED) is 0.0471. The number of hydrogen-bond acceptors (Lipinski definition) is 16. The largest absolute Gasteiger partial charge is 0.286 e. The number of thioether (sulfide) groups is 8. The van der Waals surface area contributed by atoms with Gasteiger partial charge >= 0.3 is 0 Å². The summed E-state index contributed by atoms with van der Waals surface area (Å²) in [5.41, 5.74) is 10.5. The van der Waals surface area contributed by atoms with Crippen molar-refractivity contribution in [1.82, 2.24) is 42.5 Å². The Morgan fingerprint density at radius 2 is 0.260 bits per heavy atom. The highest BCUT2D eigenvalue weighted by Gasteiger charge is 2.63. The second-order valence-corrected chi connectivity index (χ2v) is 42.3. The summed E-state index contributed by atoms with van der Waals surface area (Å²) in [6.45, 7) is 17.9. The van der Waals surface area contributed by atoms with Crippen molar-refractivity contribution < 1.29 is 0 Å². The average Bonchev–Trinajstić information content (AvgIpc) is 1.57. The predicted molar refractivity (Wildman–Crippen MR) is 447 cm³/mol. The SMILES string of the molecule is Cc1ccc(SC2CCC(Sc3ccc(C)cc3)C3C4NC(NC5NC(NC6NC(NC7NC(N4)C4C(Sc8ccc(C)cc8)CCC(Sc8ccc(C)cc8)C74)C4C(Sc7ccc(C)cc7)CCC(Sc7ccc(C)cc7)C64)C4C(Sc6ccc(C)cc6)CCC(Sc6ccc(C)cc6)C54)C23)cc1. The Labute approximate surface area is 654 Å². The molecule has 8 bridgehead atoms. The molecule has 8 aromatic rings. The summed E-state index contributed by atoms with van der Waals surface area (Å²) in [5, 5.41) is 41.0. The fraction of sp³-hybridized carbons (Fsp3) is 0.455. The third-order valence-electron chi connectivity index (χ3n) is 24.6. The van der Waals surface area contributed by atoms with Crippen molar-refractivity contribution in [3.8, 4) is 0 Å². The molecule has 4 aliphatic carbocycles. The Morgan fingerprint density at radius 1 is 0.163 bits per heavy atom. The van der Waals surface area contributed by atoms with Crippen molar-refractivity contribution in [2.75, 3.05) is 0 Å². The number of benzene rings is 8. The molecule has 9 fully saturated rings. The van der Waals surface area contributed by atoms with Crippen molar-refractivity contribution in [1.29, 1.82) is 0 Å². The van der Waals surface area contributed by atoms with Gasteiger partial charge in [-0.05, 0) is 204 Å². The fourth-order valence-corrected chi connectivity index (χ4v) is 30.6. The van der Waals surface area contributed by atoms with Crippen LogP contribution in [-0.4, -0.2) is 91.3 Å². The van der Waals surface area contributed by atoms with E-state index in [1.54, 1.807) is 0 Å². The van der Waals surface area contributed by atoms with Gasteiger partial charge in [0, 0.05) is 129 Å². The summed E-state index contributed by atoms with van der Waals surface area (Å²) in [6, 6.07) is 75.9. The molecule has 8 aromatic carbocycles. The first-order chi connectivity index (χ1) is 50.7. The minimum Gasteiger partial charge on any atom is -0.286 e. The van der Waals surface area contributed by atoms with Crippen molar-refractivity contribution in [2.24, 2.45) is 47.3 Å². The van der Waals surface area contributed by atoms with Gasteiger partial charge in [0.2, 0.25) is 0 Å². The highest BCUT2D eigenvalue weighted by molar-refractivity contribution is 8.02. The van der Waals surface area contributed by atoms with E-state index < -0.39 is 0 Å². The number of hydrogen-bond donors (Lipinski definition) is 8. The van der Waals surface area contributed by atoms with Crippen LogP contribution in [0.15, 0.2) is 233 Å². The fourth-order valence-electron chi connectivity index (χ4n) is 19.5. The van der Waals surface area contributed by atoms with Gasteiger partial charge in [-0.25, -0.2) is 0 Å². The van der Waals surface area contributed by atoms with Gasteiger partial charge in [-0.1, -0.05) is 142 Å². The van der Waals surface area contributed by atoms with Gasteiger partial charge in [-0.3, -0.25) is 42.5 Å². The molecule has 5 heterocycles. The molecule has 544 valence electrons. The molecule has 8 N–H and O–H groups in total. The molecule has 16 atom stereocenters. The second kappa shape index (κ2) is 32.3. The van der Waals surface area contributed by atoms with E-state index in [0.29, 0.717) is 89.3 Å². The third-order valence-corrected chi connectivity index (χ3v) is 35.8. The lowest BCUT2D eigenvalue weighted by Gasteiger charge is -2.45. The zero-order valence-corrected chi connectivity index (χ0v) is 67.8. The Bertz CT molecular complexity index is 3370. The Kier molecular flexibility index (Phi) is 22.7. The Morgan fingerprint density at radius 3 is 0.356 bits per heavy atom. The zero-order chi connectivity index (χ0) is 70.7. The van der Waals surface area contributed by atoms with Crippen LogP contribution in [0.4, 0.5) is 0 Å². The van der Waals surface area contributed by atoms with Gasteiger partial charge in [0.25, 0.3) is 0 Å². The van der Waals surface area contributed by atoms with E-state index in [4.69, 9.17) is 42.5 Å². The summed E-state index contributed by atoms with van der Waals surface area (Å²) < 4.78 is 0. The lowest BCUT2D eigenvalue weighted by molar-refractivity contribution is 0.182. The number of nitrogens with one attached hydrogen (secondary N) is 8. The van der Waals surface area contributed by atoms with Gasteiger partial charge < -0.3 is 0 Å². The standard InChI is InChI=1S/C88H104N8S8/c1-49-9-25-57(26-10-49)97-65-41-42-66(98-58-27-11-50(2)12-28-58)74-73(65)81-89-82(74)94-84-77-69(101-61-33-17-53(5)18-34-61)45-46-70(102-62-35-19-54(6)20-36-62)78(77)86(91-84)96-88-80-72(104-64-39-23-56(8)24-40-64)48-47-71(103-63-37-21-55(7)22-38-63)79(80)87(92-88)95-85-76-68(100-60-31-15-52(4)16-32-60)44-43-67(75(76)83(90-85)93-81)99-59-29-13-51(3)14-30-59/h9-40,65-96H,41-48H2,1-8H3. The third kappa shape index (κ3) is 16.1. The van der Waals surface area contributed by atoms with Crippen LogP contribution in [0.2, 0.25) is 0 Å². The van der Waals surface area contributed by atoms with Crippen LogP contribution in [-0.2, 0) is 0 Å². The topological polar surface area (TPSA) is 96.2 Å². The van der Waals surface area contributed by atoms with E-state index in [1.165, 1.54) is 83.7 Å². The van der Waals surface area contributed by atoms with Crippen molar-refractivity contribution in [3.63, 3.8) is 0 Å². The molecule has 4 saturated carbocycles. The van der Waals surface area contributed by atoms with Crippen LogP contribution < -0.4 is 42.5 Å². The van der Waals surface area contributed by atoms with Crippen molar-refractivity contribution in [3.05, 3.63) is 239 Å². The molecule has 16 unspecified atom stereocenters. The summed E-state index contributed by atoms with van der Waals surface area (Å²) in [7, 11) is 0. The highest BCUT2D eigenvalue weighted by atomic mass is 32.2. The number of fused-ring (bicyclic) bond motifs is 20. The first kappa shape index (κ1) is 73.1. The second-order valence-electron chi connectivity index (χ2n) is 31.8. The number of aryl methyl sites for hydroxylation is 8. The van der Waals surface area contributed by atoms with E-state index in [2.05, 4.69) is 344 Å². The molecule has 0 aromatic heterocycles. The van der Waals surface area contributed by atoms with Crippen molar-refractivity contribution >= 4 is 94.1 Å². The molecular weight excluding hydrogens is 1430 g/mol. The van der Waals surface area contributed by atoms with Crippen LogP contribution >= 0.6 is 94.1 Å². The molecule has 104 heavy (non-hydrogen) atoms. The minimum absolute atomic E-state index is 0.00781. The maximum atomic E-state index is 4.80. The van der Waals surface area contributed by atoms with Gasteiger partial charge in [0.1, 0.15) is 0 Å². The summed E-state index contributed by atoms with van der Waals surface area (Å²) in [6.07, 6.45) is 9.28. The van der Waals surface area contributed by atoms with E-state index in [9.17, 15) is 0 Å². The molecule has 16 heteroatoms. The predicted octanol–water partition coefficient (Wildman–Crippen LogP) is 19.2. The number of rotatable bonds is 16. The van der Waals surface area contributed by atoms with E-state index in [-0.39, 0.29) is 49.3 Å². The normalized spacial score (nSPS) is 35.0. The molecule has 5 aliphatic heterocycles. The first-order valence-electron chi connectivity index (χ1n) is 38.6. The van der Waals surface area contributed by atoms with E-state index >= 15 is 0 Å². The Hall–Kier alpha value is -3.76. The summed E-state index contributed by atoms with van der Waals surface area (Å²) >= 11 is 17.3. The van der Waals surface area contributed by atoms with Crippen LogP contribution in [0.25, 0.3) is 0 Å². The molecular formula is C88H104N8S8. The van der Waals surface area contributed by atoms with Gasteiger partial charge in [-0.15, -0.1) is 94.1 Å². The first-order valence-corrected chi connectivity index (χ1v) is 45.7. The highest BCUT2D eigenvalue weighted by Crippen LogP contribution is 2.58. The van der Waals surface area contributed by atoms with Crippen LogP contribution in [0, 0.1) is 103 Å². The lowest BCUT2D eigenvalue weighted by atomic mass is 9.75. The summed E-state index contributed by atoms with van der Waals surface area (Å²) in [4.78, 5) is 11.0. The van der Waals surface area contributed by atoms with Gasteiger partial charge in [0.15, 0.2) is 0 Å². The van der Waals surface area contributed by atoms with Crippen LogP contribution in [0.5, 0.6) is 0 Å². The monoisotopic (exact) mass is 1530 g/mol. The summed E-state index contributed by atoms with van der Waals surface area (Å²) in [5.74, 6) is 2.38.